The first kappa shape index (κ1) is 10.8. The third-order valence-corrected chi connectivity index (χ3v) is 3.45. The third-order valence-electron chi connectivity index (χ3n) is 2.47. The van der Waals surface area contributed by atoms with Crippen molar-refractivity contribution in [3.05, 3.63) is 0 Å². The first-order chi connectivity index (χ1) is 6.18. The van der Waals surface area contributed by atoms with Crippen LogP contribution in [-0.2, 0) is 9.63 Å². The fourth-order valence-corrected chi connectivity index (χ4v) is 3.03. The Morgan fingerprint density at radius 1 is 1.54 bits per heavy atom. The zero-order valence-corrected chi connectivity index (χ0v) is 8.31. The van der Waals surface area contributed by atoms with Crippen LogP contribution >= 0.6 is 11.8 Å². The number of hydrogen-bond acceptors (Lipinski definition) is 4. The molecule has 1 aliphatic rings. The van der Waals surface area contributed by atoms with Gasteiger partial charge in [-0.05, 0) is 24.3 Å². The summed E-state index contributed by atoms with van der Waals surface area (Å²) in [5.74, 6) is 6.28. The molecule has 0 unspecified atom stereocenters. The molecule has 13 heavy (non-hydrogen) atoms. The van der Waals surface area contributed by atoms with E-state index < -0.39 is 5.97 Å². The molecule has 0 amide bonds. The maximum absolute atomic E-state index is 10.6. The summed E-state index contributed by atoms with van der Waals surface area (Å²) in [7, 11) is 0. The van der Waals surface area contributed by atoms with E-state index in [0.717, 1.165) is 24.3 Å². The summed E-state index contributed by atoms with van der Waals surface area (Å²) in [5, 5.41) is 8.75. The summed E-state index contributed by atoms with van der Waals surface area (Å²) < 4.78 is 0. The van der Waals surface area contributed by atoms with E-state index in [4.69, 9.17) is 11.0 Å². The summed E-state index contributed by atoms with van der Waals surface area (Å²) in [5.41, 5.74) is -0.216. The Morgan fingerprint density at radius 2 is 2.15 bits per heavy atom. The molecular weight excluding hydrogens is 190 g/mol. The monoisotopic (exact) mass is 205 g/mol. The van der Waals surface area contributed by atoms with Gasteiger partial charge in [-0.3, -0.25) is 4.79 Å². The molecule has 3 N–H and O–H groups in total. The Morgan fingerprint density at radius 3 is 2.62 bits per heavy atom. The molecule has 1 fully saturated rings. The number of nitrogens with two attached hydrogens (primary N) is 1. The normalized spacial score (nSPS) is 21.3. The lowest BCUT2D eigenvalue weighted by atomic mass is 9.80. The summed E-state index contributed by atoms with van der Waals surface area (Å²) in [6.07, 6.45) is 1.95. The van der Waals surface area contributed by atoms with E-state index in [1.165, 1.54) is 0 Å². The van der Waals surface area contributed by atoms with Gasteiger partial charge in [0.25, 0.3) is 0 Å². The maximum atomic E-state index is 10.6. The van der Waals surface area contributed by atoms with Crippen LogP contribution in [0.3, 0.4) is 0 Å². The number of carboxylic acid groups (broad SMARTS) is 1. The first-order valence-corrected chi connectivity index (χ1v) is 5.45. The molecule has 0 atom stereocenters. The molecule has 1 saturated heterocycles. The van der Waals surface area contributed by atoms with Crippen LogP contribution in [0.1, 0.15) is 19.3 Å². The van der Waals surface area contributed by atoms with Crippen LogP contribution in [0.15, 0.2) is 0 Å². The highest BCUT2D eigenvalue weighted by molar-refractivity contribution is 7.99. The van der Waals surface area contributed by atoms with Gasteiger partial charge in [0, 0.05) is 5.41 Å². The molecule has 0 aromatic rings. The van der Waals surface area contributed by atoms with Crippen molar-refractivity contribution in [2.75, 3.05) is 18.1 Å². The van der Waals surface area contributed by atoms with Gasteiger partial charge in [0.2, 0.25) is 0 Å². The minimum absolute atomic E-state index is 0.171. The van der Waals surface area contributed by atoms with Crippen molar-refractivity contribution in [1.82, 2.24) is 0 Å². The number of hydrogen-bond donors (Lipinski definition) is 2. The topological polar surface area (TPSA) is 72.5 Å². The number of rotatable bonds is 4. The van der Waals surface area contributed by atoms with Gasteiger partial charge in [0.1, 0.15) is 0 Å². The lowest BCUT2D eigenvalue weighted by Gasteiger charge is -2.34. The van der Waals surface area contributed by atoms with Crippen LogP contribution in [0.4, 0.5) is 0 Å². The van der Waals surface area contributed by atoms with Gasteiger partial charge >= 0.3 is 5.97 Å². The van der Waals surface area contributed by atoms with Crippen LogP contribution in [0.2, 0.25) is 0 Å². The van der Waals surface area contributed by atoms with E-state index in [9.17, 15) is 4.79 Å². The average molecular weight is 205 g/mol. The van der Waals surface area contributed by atoms with Crippen molar-refractivity contribution in [2.45, 2.75) is 19.3 Å². The Balaban J connectivity index is 2.55. The molecule has 0 aliphatic carbocycles. The van der Waals surface area contributed by atoms with Crippen LogP contribution in [0.25, 0.3) is 0 Å². The van der Waals surface area contributed by atoms with Gasteiger partial charge in [-0.1, -0.05) is 0 Å². The highest BCUT2D eigenvalue weighted by Crippen LogP contribution is 2.37. The lowest BCUT2D eigenvalue weighted by molar-refractivity contribution is -0.141. The molecular formula is C8H15NO3S. The molecule has 0 aromatic heterocycles. The Bertz CT molecular complexity index is 175. The maximum Gasteiger partial charge on any atom is 0.303 e. The first-order valence-electron chi connectivity index (χ1n) is 4.30. The van der Waals surface area contributed by atoms with Crippen LogP contribution in [0.5, 0.6) is 0 Å². The minimum atomic E-state index is -0.760. The zero-order valence-electron chi connectivity index (χ0n) is 7.49. The van der Waals surface area contributed by atoms with Crippen molar-refractivity contribution in [3.8, 4) is 0 Å². The smallest absolute Gasteiger partial charge is 0.303 e. The quantitative estimate of drug-likeness (QED) is 0.666. The fourth-order valence-electron chi connectivity index (χ4n) is 1.67. The van der Waals surface area contributed by atoms with Gasteiger partial charge < -0.3 is 9.94 Å². The average Bonchev–Trinajstić information content (AvgIpc) is 2.04. The molecule has 0 bridgehead atoms. The fraction of sp³-hybridized carbons (Fsp3) is 0.875. The number of aliphatic carboxylic acids is 1. The third kappa shape index (κ3) is 3.17. The second-order valence-corrected chi connectivity index (χ2v) is 4.72. The van der Waals surface area contributed by atoms with E-state index in [1.54, 1.807) is 0 Å². The van der Waals surface area contributed by atoms with E-state index in [-0.39, 0.29) is 11.8 Å². The zero-order chi connectivity index (χ0) is 9.73. The highest BCUT2D eigenvalue weighted by atomic mass is 32.2. The van der Waals surface area contributed by atoms with Gasteiger partial charge in [0.15, 0.2) is 0 Å². The van der Waals surface area contributed by atoms with Gasteiger partial charge in [-0.15, -0.1) is 0 Å². The number of carbonyl (C=O) groups is 1. The number of carboxylic acids is 1. The predicted molar refractivity (Wildman–Crippen MR) is 51.4 cm³/mol. The minimum Gasteiger partial charge on any atom is -0.481 e. The van der Waals surface area contributed by atoms with Gasteiger partial charge in [0.05, 0.1) is 13.0 Å². The summed E-state index contributed by atoms with van der Waals surface area (Å²) in [4.78, 5) is 15.3. The van der Waals surface area contributed by atoms with Crippen molar-refractivity contribution in [1.29, 1.82) is 0 Å². The molecule has 0 saturated carbocycles. The summed E-state index contributed by atoms with van der Waals surface area (Å²) in [6.45, 7) is 0.361. The molecule has 1 rings (SSSR count). The Hall–Kier alpha value is -0.260. The number of thioether (sulfide) groups is 1. The Labute approximate surface area is 81.8 Å². The van der Waals surface area contributed by atoms with E-state index in [2.05, 4.69) is 4.84 Å². The molecule has 4 nitrogen and oxygen atoms in total. The van der Waals surface area contributed by atoms with Crippen molar-refractivity contribution >= 4 is 17.7 Å². The predicted octanol–water partition coefficient (Wildman–Crippen LogP) is 0.865. The van der Waals surface area contributed by atoms with Crippen LogP contribution in [-0.4, -0.2) is 29.2 Å². The van der Waals surface area contributed by atoms with Crippen molar-refractivity contribution < 1.29 is 14.7 Å². The SMILES string of the molecule is NOCC1(CC(=O)O)CCSCC1. The van der Waals surface area contributed by atoms with E-state index in [1.807, 2.05) is 11.8 Å². The highest BCUT2D eigenvalue weighted by Gasteiger charge is 2.34. The Kier molecular flexibility index (Phi) is 4.02. The molecule has 0 spiro atoms. The molecule has 76 valence electrons. The van der Waals surface area contributed by atoms with Gasteiger partial charge in [-0.25, -0.2) is 5.90 Å². The summed E-state index contributed by atoms with van der Waals surface area (Å²) >= 11 is 1.86. The standard InChI is InChI=1S/C8H15NO3S/c9-12-6-8(5-7(10)11)1-3-13-4-2-8/h1-6,9H2,(H,10,11). The molecule has 1 aliphatic heterocycles. The second-order valence-electron chi connectivity index (χ2n) is 3.49. The summed E-state index contributed by atoms with van der Waals surface area (Å²) in [6, 6.07) is 0. The van der Waals surface area contributed by atoms with E-state index >= 15 is 0 Å². The molecule has 1 heterocycles. The van der Waals surface area contributed by atoms with Crippen LogP contribution in [0, 0.1) is 5.41 Å². The second kappa shape index (κ2) is 4.83. The molecule has 0 aromatic carbocycles. The van der Waals surface area contributed by atoms with Crippen molar-refractivity contribution in [3.63, 3.8) is 0 Å². The lowest BCUT2D eigenvalue weighted by Crippen LogP contribution is -2.35. The van der Waals surface area contributed by atoms with Crippen LogP contribution < -0.4 is 5.90 Å². The van der Waals surface area contributed by atoms with Crippen molar-refractivity contribution in [2.24, 2.45) is 11.3 Å². The molecule has 5 heteroatoms. The van der Waals surface area contributed by atoms with E-state index in [0.29, 0.717) is 6.61 Å². The largest absolute Gasteiger partial charge is 0.481 e. The molecule has 0 radical (unpaired) electrons. The van der Waals surface area contributed by atoms with Gasteiger partial charge in [-0.2, -0.15) is 11.8 Å².